The van der Waals surface area contributed by atoms with E-state index in [-0.39, 0.29) is 5.75 Å². The Hall–Kier alpha value is -1.97. The Morgan fingerprint density at radius 2 is 2.00 bits per heavy atom. The van der Waals surface area contributed by atoms with Gasteiger partial charge in [0.25, 0.3) is 0 Å². The van der Waals surface area contributed by atoms with Crippen LogP contribution in [0.1, 0.15) is 32.0 Å². The van der Waals surface area contributed by atoms with Gasteiger partial charge in [-0.05, 0) is 43.7 Å². The molecule has 2 aromatic rings. The van der Waals surface area contributed by atoms with E-state index in [1.807, 2.05) is 16.9 Å². The zero-order chi connectivity index (χ0) is 13.0. The van der Waals surface area contributed by atoms with Gasteiger partial charge in [-0.2, -0.15) is 5.10 Å². The topological polar surface area (TPSA) is 47.3 Å². The van der Waals surface area contributed by atoms with Gasteiger partial charge in [0.05, 0.1) is 5.69 Å². The monoisotopic (exact) mass is 246 g/mol. The molecule has 0 aliphatic heterocycles. The van der Waals surface area contributed by atoms with Crippen LogP contribution in [0, 0.1) is 0 Å². The molecule has 0 saturated carbocycles. The van der Waals surface area contributed by atoms with Gasteiger partial charge in [-0.15, -0.1) is 0 Å². The Labute approximate surface area is 107 Å². The Morgan fingerprint density at radius 1 is 1.28 bits per heavy atom. The SMILES string of the molecule is CCC(C)n1ccc(COc2ccc(O)cc2)n1. The minimum Gasteiger partial charge on any atom is -0.508 e. The van der Waals surface area contributed by atoms with E-state index in [4.69, 9.17) is 9.84 Å². The molecule has 18 heavy (non-hydrogen) atoms. The van der Waals surface area contributed by atoms with Crippen LogP contribution in [0.15, 0.2) is 36.5 Å². The van der Waals surface area contributed by atoms with E-state index in [0.29, 0.717) is 12.6 Å². The van der Waals surface area contributed by atoms with Gasteiger partial charge in [0.2, 0.25) is 0 Å². The third-order valence-electron chi connectivity index (χ3n) is 2.93. The first kappa shape index (κ1) is 12.5. The van der Waals surface area contributed by atoms with E-state index in [1.165, 1.54) is 0 Å². The third-order valence-corrected chi connectivity index (χ3v) is 2.93. The molecule has 4 nitrogen and oxygen atoms in total. The second-order valence-electron chi connectivity index (χ2n) is 4.33. The van der Waals surface area contributed by atoms with E-state index in [2.05, 4.69) is 18.9 Å². The molecule has 1 aromatic heterocycles. The van der Waals surface area contributed by atoms with Crippen molar-refractivity contribution in [2.24, 2.45) is 0 Å². The summed E-state index contributed by atoms with van der Waals surface area (Å²) in [5, 5.41) is 13.6. The quantitative estimate of drug-likeness (QED) is 0.881. The molecular formula is C14H18N2O2. The lowest BCUT2D eigenvalue weighted by Gasteiger charge is -2.08. The summed E-state index contributed by atoms with van der Waals surface area (Å²) in [4.78, 5) is 0. The molecule has 0 fully saturated rings. The maximum Gasteiger partial charge on any atom is 0.132 e. The van der Waals surface area contributed by atoms with Crippen molar-refractivity contribution in [1.82, 2.24) is 9.78 Å². The number of nitrogens with zero attached hydrogens (tertiary/aromatic N) is 2. The van der Waals surface area contributed by atoms with Crippen molar-refractivity contribution in [3.63, 3.8) is 0 Å². The highest BCUT2D eigenvalue weighted by Crippen LogP contribution is 2.17. The largest absolute Gasteiger partial charge is 0.508 e. The lowest BCUT2D eigenvalue weighted by Crippen LogP contribution is -2.05. The van der Waals surface area contributed by atoms with Crippen molar-refractivity contribution in [3.05, 3.63) is 42.2 Å². The van der Waals surface area contributed by atoms with E-state index >= 15 is 0 Å². The van der Waals surface area contributed by atoms with Gasteiger partial charge in [0.1, 0.15) is 18.1 Å². The summed E-state index contributed by atoms with van der Waals surface area (Å²) in [5.74, 6) is 0.967. The first-order valence-electron chi connectivity index (χ1n) is 6.15. The van der Waals surface area contributed by atoms with Crippen molar-refractivity contribution in [1.29, 1.82) is 0 Å². The average Bonchev–Trinajstić information content (AvgIpc) is 2.86. The minimum absolute atomic E-state index is 0.239. The zero-order valence-corrected chi connectivity index (χ0v) is 10.7. The van der Waals surface area contributed by atoms with Crippen LogP contribution in [0.25, 0.3) is 0 Å². The van der Waals surface area contributed by atoms with Crippen LogP contribution in [0.4, 0.5) is 0 Å². The van der Waals surface area contributed by atoms with Crippen LogP contribution in [-0.2, 0) is 6.61 Å². The first-order valence-corrected chi connectivity index (χ1v) is 6.15. The molecule has 96 valence electrons. The number of benzene rings is 1. The van der Waals surface area contributed by atoms with Gasteiger partial charge in [0.15, 0.2) is 0 Å². The Bertz CT molecular complexity index is 491. The molecule has 1 unspecified atom stereocenters. The van der Waals surface area contributed by atoms with Gasteiger partial charge >= 0.3 is 0 Å². The number of phenolic OH excluding ortho intramolecular Hbond substituents is 1. The number of aromatic nitrogens is 2. The summed E-state index contributed by atoms with van der Waals surface area (Å²) < 4.78 is 7.54. The molecule has 1 heterocycles. The second kappa shape index (κ2) is 5.58. The van der Waals surface area contributed by atoms with Gasteiger partial charge in [-0.1, -0.05) is 6.92 Å². The highest BCUT2D eigenvalue weighted by atomic mass is 16.5. The number of ether oxygens (including phenoxy) is 1. The molecule has 0 aliphatic carbocycles. The molecule has 1 aromatic carbocycles. The van der Waals surface area contributed by atoms with E-state index in [1.54, 1.807) is 24.3 Å². The van der Waals surface area contributed by atoms with Gasteiger partial charge < -0.3 is 9.84 Å². The molecule has 0 spiro atoms. The first-order chi connectivity index (χ1) is 8.69. The predicted molar refractivity (Wildman–Crippen MR) is 69.7 cm³/mol. The average molecular weight is 246 g/mol. The van der Waals surface area contributed by atoms with E-state index in [0.717, 1.165) is 17.9 Å². The van der Waals surface area contributed by atoms with Crippen LogP contribution in [0.2, 0.25) is 0 Å². The summed E-state index contributed by atoms with van der Waals surface area (Å²) >= 11 is 0. The predicted octanol–water partition coefficient (Wildman–Crippen LogP) is 3.14. The third kappa shape index (κ3) is 3.03. The Morgan fingerprint density at radius 3 is 2.67 bits per heavy atom. The lowest BCUT2D eigenvalue weighted by molar-refractivity contribution is 0.297. The number of aromatic hydroxyl groups is 1. The van der Waals surface area contributed by atoms with Crippen LogP contribution < -0.4 is 4.74 Å². The second-order valence-corrected chi connectivity index (χ2v) is 4.33. The Kier molecular flexibility index (Phi) is 3.87. The van der Waals surface area contributed by atoms with Crippen LogP contribution in [0.3, 0.4) is 0 Å². The lowest BCUT2D eigenvalue weighted by atomic mass is 10.3. The molecule has 2 rings (SSSR count). The highest BCUT2D eigenvalue weighted by molar-refractivity contribution is 5.30. The van der Waals surface area contributed by atoms with Gasteiger partial charge in [-0.3, -0.25) is 4.68 Å². The van der Waals surface area contributed by atoms with Crippen molar-refractivity contribution >= 4 is 0 Å². The smallest absolute Gasteiger partial charge is 0.132 e. The van der Waals surface area contributed by atoms with Crippen LogP contribution >= 0.6 is 0 Å². The Balaban J connectivity index is 1.94. The van der Waals surface area contributed by atoms with Crippen molar-refractivity contribution in [2.45, 2.75) is 32.9 Å². The fourth-order valence-corrected chi connectivity index (χ4v) is 1.59. The van der Waals surface area contributed by atoms with Crippen LogP contribution in [0.5, 0.6) is 11.5 Å². The number of hydrogen-bond acceptors (Lipinski definition) is 3. The van der Waals surface area contributed by atoms with Crippen molar-refractivity contribution in [3.8, 4) is 11.5 Å². The molecule has 0 bridgehead atoms. The summed E-state index contributed by atoms with van der Waals surface area (Å²) in [6.07, 6.45) is 3.03. The minimum atomic E-state index is 0.239. The highest BCUT2D eigenvalue weighted by Gasteiger charge is 2.05. The molecule has 4 heteroatoms. The van der Waals surface area contributed by atoms with Crippen molar-refractivity contribution in [2.75, 3.05) is 0 Å². The standard InChI is InChI=1S/C14H18N2O2/c1-3-11(2)16-9-8-12(15-16)10-18-14-6-4-13(17)5-7-14/h4-9,11,17H,3,10H2,1-2H3. The summed E-state index contributed by atoms with van der Waals surface area (Å²) in [5.41, 5.74) is 0.906. The van der Waals surface area contributed by atoms with E-state index < -0.39 is 0 Å². The molecule has 1 atom stereocenters. The molecule has 1 N–H and O–H groups in total. The maximum absolute atomic E-state index is 9.16. The number of hydrogen-bond donors (Lipinski definition) is 1. The summed E-state index contributed by atoms with van der Waals surface area (Å²) in [6, 6.07) is 9.06. The zero-order valence-electron chi connectivity index (χ0n) is 10.7. The van der Waals surface area contributed by atoms with Crippen LogP contribution in [-0.4, -0.2) is 14.9 Å². The number of phenols is 1. The van der Waals surface area contributed by atoms with E-state index in [9.17, 15) is 0 Å². The normalized spacial score (nSPS) is 12.3. The molecule has 0 aliphatic rings. The fourth-order valence-electron chi connectivity index (χ4n) is 1.59. The maximum atomic E-state index is 9.16. The summed E-state index contributed by atoms with van der Waals surface area (Å²) in [6.45, 7) is 4.71. The number of rotatable bonds is 5. The summed E-state index contributed by atoms with van der Waals surface area (Å²) in [7, 11) is 0. The molecule has 0 amide bonds. The van der Waals surface area contributed by atoms with Gasteiger partial charge in [-0.25, -0.2) is 0 Å². The fraction of sp³-hybridized carbons (Fsp3) is 0.357. The molecular weight excluding hydrogens is 228 g/mol. The molecule has 0 radical (unpaired) electrons. The molecule has 0 saturated heterocycles. The van der Waals surface area contributed by atoms with Gasteiger partial charge in [0, 0.05) is 12.2 Å². The van der Waals surface area contributed by atoms with Crippen molar-refractivity contribution < 1.29 is 9.84 Å².